The van der Waals surface area contributed by atoms with Crippen LogP contribution in [0.2, 0.25) is 0 Å². The lowest BCUT2D eigenvalue weighted by molar-refractivity contribution is -0.188. The van der Waals surface area contributed by atoms with Gasteiger partial charge < -0.3 is 4.74 Å². The zero-order valence-electron chi connectivity index (χ0n) is 14.7. The van der Waals surface area contributed by atoms with Crippen LogP contribution in [0.25, 0.3) is 0 Å². The van der Waals surface area contributed by atoms with E-state index in [0.29, 0.717) is 6.42 Å². The Morgan fingerprint density at radius 3 is 2.12 bits per heavy atom. The van der Waals surface area contributed by atoms with Crippen molar-refractivity contribution in [3.63, 3.8) is 0 Å². The fourth-order valence-electron chi connectivity index (χ4n) is 6.19. The van der Waals surface area contributed by atoms with Crippen LogP contribution < -0.4 is 0 Å². The van der Waals surface area contributed by atoms with Gasteiger partial charge in [-0.2, -0.15) is 0 Å². The Bertz CT molecular complexity index is 657. The first-order chi connectivity index (χ1) is 12.1. The van der Waals surface area contributed by atoms with Gasteiger partial charge in [0.1, 0.15) is 5.60 Å². The Balaban J connectivity index is 1.19. The van der Waals surface area contributed by atoms with E-state index < -0.39 is 0 Å². The van der Waals surface area contributed by atoms with Crippen LogP contribution in [0.15, 0.2) is 30.3 Å². The average Bonchev–Trinajstić information content (AvgIpc) is 3.33. The third-order valence-electron chi connectivity index (χ3n) is 7.07. The molecule has 0 N–H and O–H groups in total. The Hall–Kier alpha value is -1.64. The first-order valence-corrected chi connectivity index (χ1v) is 9.91. The molecule has 0 saturated heterocycles. The van der Waals surface area contributed by atoms with Crippen LogP contribution in [-0.2, 0) is 9.53 Å². The van der Waals surface area contributed by atoms with Gasteiger partial charge in [0.15, 0.2) is 5.78 Å². The Labute approximate surface area is 149 Å². The van der Waals surface area contributed by atoms with Crippen LogP contribution in [0, 0.1) is 29.6 Å². The first kappa shape index (κ1) is 15.6. The van der Waals surface area contributed by atoms with Crippen LogP contribution in [0.5, 0.6) is 0 Å². The van der Waals surface area contributed by atoms with Crippen molar-refractivity contribution in [2.24, 2.45) is 29.6 Å². The molecule has 5 aliphatic rings. The molecule has 0 unspecified atom stereocenters. The number of ketones is 1. The molecule has 0 radical (unpaired) electrons. The number of carbonyl (C=O) groups excluding carboxylic acids is 2. The number of Topliss-reactive ketones (excluding diaryl/α,β-unsaturated/α-hetero) is 1. The summed E-state index contributed by atoms with van der Waals surface area (Å²) in [5.74, 6) is 2.63. The van der Waals surface area contributed by atoms with Crippen molar-refractivity contribution in [2.45, 2.75) is 57.0 Å². The average molecular weight is 338 g/mol. The van der Waals surface area contributed by atoms with Crippen LogP contribution in [0.3, 0.4) is 0 Å². The van der Waals surface area contributed by atoms with Crippen LogP contribution in [-0.4, -0.2) is 17.4 Å². The van der Waals surface area contributed by atoms with Gasteiger partial charge in [-0.05, 0) is 68.6 Å². The van der Waals surface area contributed by atoms with Gasteiger partial charge in [-0.15, -0.1) is 0 Å². The third-order valence-corrected chi connectivity index (χ3v) is 7.07. The number of esters is 1. The van der Waals surface area contributed by atoms with Crippen molar-refractivity contribution in [1.29, 1.82) is 0 Å². The van der Waals surface area contributed by atoms with E-state index in [1.165, 1.54) is 19.3 Å². The number of rotatable bonds is 5. The van der Waals surface area contributed by atoms with E-state index in [1.54, 1.807) is 0 Å². The molecule has 0 spiro atoms. The predicted molar refractivity (Wildman–Crippen MR) is 94.0 cm³/mol. The summed E-state index contributed by atoms with van der Waals surface area (Å²) in [6.45, 7) is 0. The summed E-state index contributed by atoms with van der Waals surface area (Å²) >= 11 is 0. The summed E-state index contributed by atoms with van der Waals surface area (Å²) in [6.07, 6.45) is 8.63. The topological polar surface area (TPSA) is 43.4 Å². The second-order valence-corrected chi connectivity index (χ2v) is 9.12. The van der Waals surface area contributed by atoms with E-state index in [4.69, 9.17) is 4.74 Å². The molecule has 0 heterocycles. The maximum atomic E-state index is 12.7. The Morgan fingerprint density at radius 2 is 1.52 bits per heavy atom. The summed E-state index contributed by atoms with van der Waals surface area (Å²) < 4.78 is 6.14. The minimum absolute atomic E-state index is 0.0205. The molecule has 5 fully saturated rings. The normalized spacial score (nSPS) is 40.7. The number of benzene rings is 1. The van der Waals surface area contributed by atoms with Gasteiger partial charge in [0.2, 0.25) is 0 Å². The number of ether oxygens (including phenoxy) is 1. The quantitative estimate of drug-likeness (QED) is 0.590. The van der Waals surface area contributed by atoms with Crippen molar-refractivity contribution in [3.05, 3.63) is 35.9 Å². The van der Waals surface area contributed by atoms with Crippen LogP contribution in [0.4, 0.5) is 0 Å². The fraction of sp³-hybridized carbons (Fsp3) is 0.636. The SMILES string of the molecule is O=C(C[C@@H]1C[C@@H]1C(=O)OC12CC3CC(CC(C3)C1)C2)c1ccccc1. The fourth-order valence-corrected chi connectivity index (χ4v) is 6.19. The van der Waals surface area contributed by atoms with Gasteiger partial charge in [0, 0.05) is 12.0 Å². The van der Waals surface area contributed by atoms with E-state index in [-0.39, 0.29) is 29.2 Å². The molecule has 5 aliphatic carbocycles. The van der Waals surface area contributed by atoms with E-state index in [1.807, 2.05) is 30.3 Å². The molecule has 0 aromatic heterocycles. The number of hydrogen-bond donors (Lipinski definition) is 0. The third kappa shape index (κ3) is 2.92. The smallest absolute Gasteiger partial charge is 0.309 e. The molecule has 6 rings (SSSR count). The van der Waals surface area contributed by atoms with Crippen molar-refractivity contribution in [2.75, 3.05) is 0 Å². The minimum Gasteiger partial charge on any atom is -0.459 e. The molecule has 0 amide bonds. The van der Waals surface area contributed by atoms with Gasteiger partial charge >= 0.3 is 5.97 Å². The lowest BCUT2D eigenvalue weighted by Crippen LogP contribution is -2.53. The Morgan fingerprint density at radius 1 is 0.920 bits per heavy atom. The van der Waals surface area contributed by atoms with Gasteiger partial charge in [0.25, 0.3) is 0 Å². The van der Waals surface area contributed by atoms with Crippen molar-refractivity contribution >= 4 is 11.8 Å². The van der Waals surface area contributed by atoms with Gasteiger partial charge in [-0.1, -0.05) is 30.3 Å². The maximum Gasteiger partial charge on any atom is 0.309 e. The van der Waals surface area contributed by atoms with Gasteiger partial charge in [0.05, 0.1) is 5.92 Å². The summed E-state index contributed by atoms with van der Waals surface area (Å²) in [5, 5.41) is 0. The second-order valence-electron chi connectivity index (χ2n) is 9.12. The van der Waals surface area contributed by atoms with Gasteiger partial charge in [-0.3, -0.25) is 9.59 Å². The molecule has 25 heavy (non-hydrogen) atoms. The molecule has 2 atom stereocenters. The van der Waals surface area contributed by atoms with Crippen LogP contribution in [0.1, 0.15) is 61.7 Å². The number of hydrogen-bond acceptors (Lipinski definition) is 3. The van der Waals surface area contributed by atoms with Gasteiger partial charge in [-0.25, -0.2) is 0 Å². The predicted octanol–water partition coefficient (Wildman–Crippen LogP) is 4.41. The lowest BCUT2D eigenvalue weighted by Gasteiger charge is -2.55. The molecule has 4 bridgehead atoms. The lowest BCUT2D eigenvalue weighted by atomic mass is 9.54. The maximum absolute atomic E-state index is 12.7. The Kier molecular flexibility index (Phi) is 3.55. The van der Waals surface area contributed by atoms with Crippen molar-refractivity contribution < 1.29 is 14.3 Å². The summed E-state index contributed by atoms with van der Waals surface area (Å²) in [4.78, 5) is 25.0. The summed E-state index contributed by atoms with van der Waals surface area (Å²) in [5.41, 5.74) is 0.602. The van der Waals surface area contributed by atoms with E-state index >= 15 is 0 Å². The van der Waals surface area contributed by atoms with Crippen LogP contribution >= 0.6 is 0 Å². The molecule has 3 heteroatoms. The monoisotopic (exact) mass is 338 g/mol. The van der Waals surface area contributed by atoms with E-state index in [0.717, 1.165) is 49.0 Å². The van der Waals surface area contributed by atoms with Crippen molar-refractivity contribution in [1.82, 2.24) is 0 Å². The summed E-state index contributed by atoms with van der Waals surface area (Å²) in [6, 6.07) is 9.40. The molecule has 5 saturated carbocycles. The molecule has 1 aromatic carbocycles. The molecular formula is C22H26O3. The molecule has 1 aromatic rings. The highest BCUT2D eigenvalue weighted by Gasteiger charge is 2.55. The zero-order chi connectivity index (χ0) is 17.0. The number of carbonyl (C=O) groups is 2. The molecule has 132 valence electrons. The highest BCUT2D eigenvalue weighted by Crippen LogP contribution is 2.58. The van der Waals surface area contributed by atoms with Crippen molar-refractivity contribution in [3.8, 4) is 0 Å². The highest BCUT2D eigenvalue weighted by atomic mass is 16.6. The second kappa shape index (κ2) is 5.69. The molecule has 3 nitrogen and oxygen atoms in total. The highest BCUT2D eigenvalue weighted by molar-refractivity contribution is 5.96. The summed E-state index contributed by atoms with van der Waals surface area (Å²) in [7, 11) is 0. The van der Waals surface area contributed by atoms with E-state index in [2.05, 4.69) is 0 Å². The minimum atomic E-state index is -0.150. The van der Waals surface area contributed by atoms with E-state index in [9.17, 15) is 9.59 Å². The first-order valence-electron chi connectivity index (χ1n) is 9.91. The zero-order valence-corrected chi connectivity index (χ0v) is 14.7. The molecule has 0 aliphatic heterocycles. The standard InChI is InChI=1S/C22H26O3/c23-20(17-4-2-1-3-5-17)10-18-9-19(18)21(24)25-22-11-14-6-15(12-22)8-16(7-14)13-22/h1-5,14-16,18-19H,6-13H2/t14?,15?,16?,18-,19-,22?/m0/s1. The largest absolute Gasteiger partial charge is 0.459 e. The molecular weight excluding hydrogens is 312 g/mol.